The van der Waals surface area contributed by atoms with Crippen molar-refractivity contribution in [2.75, 3.05) is 13.9 Å². The average molecular weight is 235 g/mol. The number of methoxy groups -OCH3 is 1. The third-order valence-electron chi connectivity index (χ3n) is 2.32. The lowest BCUT2D eigenvalue weighted by atomic mass is 10.1. The molecule has 0 N–H and O–H groups in total. The van der Waals surface area contributed by atoms with Gasteiger partial charge in [0.25, 0.3) is 0 Å². The minimum atomic E-state index is -1.02. The van der Waals surface area contributed by atoms with Crippen molar-refractivity contribution in [2.45, 2.75) is 6.04 Å². The molecule has 88 valence electrons. The van der Waals surface area contributed by atoms with Crippen LogP contribution in [0.3, 0.4) is 0 Å². The van der Waals surface area contributed by atoms with E-state index in [1.54, 1.807) is 18.2 Å². The highest BCUT2D eigenvalue weighted by Gasteiger charge is 2.23. The molecule has 0 aliphatic carbocycles. The third-order valence-corrected chi connectivity index (χ3v) is 2.32. The second-order valence-electron chi connectivity index (χ2n) is 3.26. The van der Waals surface area contributed by atoms with E-state index < -0.39 is 12.0 Å². The van der Waals surface area contributed by atoms with Crippen molar-refractivity contribution in [1.29, 1.82) is 0 Å². The number of esters is 1. The first-order chi connectivity index (χ1) is 8.26. The summed E-state index contributed by atoms with van der Waals surface area (Å²) in [5.41, 5.74) is 0.490. The molecule has 0 saturated heterocycles. The zero-order valence-electron chi connectivity index (χ0n) is 9.00. The molecule has 0 aromatic heterocycles. The van der Waals surface area contributed by atoms with Crippen molar-refractivity contribution in [1.82, 2.24) is 0 Å². The van der Waals surface area contributed by atoms with Gasteiger partial charge in [0.2, 0.25) is 12.9 Å². The molecule has 1 atom stereocenters. The van der Waals surface area contributed by atoms with Crippen molar-refractivity contribution in [3.8, 4) is 11.5 Å². The summed E-state index contributed by atoms with van der Waals surface area (Å²) >= 11 is 0. The second-order valence-corrected chi connectivity index (χ2v) is 3.26. The van der Waals surface area contributed by atoms with Crippen LogP contribution < -0.4 is 9.47 Å². The molecule has 0 radical (unpaired) electrons. The van der Waals surface area contributed by atoms with Crippen molar-refractivity contribution in [2.24, 2.45) is 4.99 Å². The Hall–Kier alpha value is -2.33. The molecule has 1 aliphatic rings. The van der Waals surface area contributed by atoms with Gasteiger partial charge in [-0.05, 0) is 17.7 Å². The molecular weight excluding hydrogens is 226 g/mol. The molecule has 0 fully saturated rings. The van der Waals surface area contributed by atoms with Crippen LogP contribution in [-0.4, -0.2) is 26.0 Å². The average Bonchev–Trinajstić information content (AvgIpc) is 2.82. The highest BCUT2D eigenvalue weighted by Crippen LogP contribution is 2.35. The maximum atomic E-state index is 11.4. The smallest absolute Gasteiger partial charge is 0.336 e. The van der Waals surface area contributed by atoms with Gasteiger partial charge in [0, 0.05) is 0 Å². The van der Waals surface area contributed by atoms with Gasteiger partial charge in [-0.25, -0.2) is 9.59 Å². The van der Waals surface area contributed by atoms with E-state index >= 15 is 0 Å². The summed E-state index contributed by atoms with van der Waals surface area (Å²) in [4.78, 5) is 25.1. The molecule has 1 aromatic carbocycles. The number of benzene rings is 1. The van der Waals surface area contributed by atoms with Gasteiger partial charge in [-0.1, -0.05) is 6.07 Å². The van der Waals surface area contributed by atoms with Gasteiger partial charge in [0.15, 0.2) is 17.5 Å². The fourth-order valence-electron chi connectivity index (χ4n) is 1.51. The van der Waals surface area contributed by atoms with E-state index in [1.807, 2.05) is 0 Å². The summed E-state index contributed by atoms with van der Waals surface area (Å²) in [5, 5.41) is 0. The van der Waals surface area contributed by atoms with Crippen LogP contribution in [0, 0.1) is 0 Å². The lowest BCUT2D eigenvalue weighted by Gasteiger charge is -2.09. The minimum absolute atomic E-state index is 0.138. The van der Waals surface area contributed by atoms with Crippen LogP contribution >= 0.6 is 0 Å². The number of carbonyl (C=O) groups is 1. The number of rotatable bonds is 3. The number of carbonyl (C=O) groups excluding carboxylic acids is 2. The first-order valence-corrected chi connectivity index (χ1v) is 4.80. The molecule has 2 rings (SSSR count). The van der Waals surface area contributed by atoms with Crippen molar-refractivity contribution in [3.05, 3.63) is 23.8 Å². The molecule has 6 heteroatoms. The Morgan fingerprint density at radius 1 is 1.47 bits per heavy atom. The Bertz CT molecular complexity index is 493. The number of fused-ring (bicyclic) bond motifs is 1. The maximum Gasteiger partial charge on any atom is 0.336 e. The number of isocyanates is 1. The Balaban J connectivity index is 2.36. The fraction of sp³-hybridized carbons (Fsp3) is 0.273. The van der Waals surface area contributed by atoms with Crippen LogP contribution in [0.4, 0.5) is 0 Å². The zero-order valence-corrected chi connectivity index (χ0v) is 9.00. The topological polar surface area (TPSA) is 74.2 Å². The molecule has 0 amide bonds. The van der Waals surface area contributed by atoms with Crippen molar-refractivity contribution < 1.29 is 23.8 Å². The Labute approximate surface area is 96.8 Å². The fourth-order valence-corrected chi connectivity index (χ4v) is 1.51. The summed E-state index contributed by atoms with van der Waals surface area (Å²) < 4.78 is 14.9. The van der Waals surface area contributed by atoms with Crippen LogP contribution in [-0.2, 0) is 14.3 Å². The largest absolute Gasteiger partial charge is 0.467 e. The van der Waals surface area contributed by atoms with Crippen LogP contribution in [0.1, 0.15) is 11.6 Å². The number of aliphatic imine (C=N–C) groups is 1. The van der Waals surface area contributed by atoms with Crippen molar-refractivity contribution >= 4 is 12.0 Å². The summed E-state index contributed by atoms with van der Waals surface area (Å²) in [6.07, 6.45) is 1.35. The lowest BCUT2D eigenvalue weighted by Crippen LogP contribution is -2.12. The molecule has 1 unspecified atom stereocenters. The molecule has 0 spiro atoms. The first-order valence-electron chi connectivity index (χ1n) is 4.80. The zero-order chi connectivity index (χ0) is 12.3. The Morgan fingerprint density at radius 3 is 2.94 bits per heavy atom. The third kappa shape index (κ3) is 2.11. The second kappa shape index (κ2) is 4.67. The summed E-state index contributed by atoms with van der Waals surface area (Å²) in [6.45, 7) is 0.138. The first kappa shape index (κ1) is 11.2. The summed E-state index contributed by atoms with van der Waals surface area (Å²) in [5.74, 6) is 0.470. The van der Waals surface area contributed by atoms with Crippen LogP contribution in [0.2, 0.25) is 0 Å². The van der Waals surface area contributed by atoms with E-state index in [9.17, 15) is 9.59 Å². The minimum Gasteiger partial charge on any atom is -0.467 e. The number of hydrogen-bond acceptors (Lipinski definition) is 6. The molecule has 6 nitrogen and oxygen atoms in total. The van der Waals surface area contributed by atoms with Gasteiger partial charge in [-0.15, -0.1) is 0 Å². The summed E-state index contributed by atoms with van der Waals surface area (Å²) in [7, 11) is 1.22. The monoisotopic (exact) mass is 235 g/mol. The summed E-state index contributed by atoms with van der Waals surface area (Å²) in [6, 6.07) is 3.83. The molecular formula is C11H9NO5. The molecule has 17 heavy (non-hydrogen) atoms. The SMILES string of the molecule is COC(=O)C(N=C=O)c1ccc2c(c1)OCO2. The number of hydrogen-bond donors (Lipinski definition) is 0. The van der Waals surface area contributed by atoms with Crippen LogP contribution in [0.15, 0.2) is 23.2 Å². The lowest BCUT2D eigenvalue weighted by molar-refractivity contribution is -0.142. The molecule has 0 bridgehead atoms. The Morgan fingerprint density at radius 2 is 2.24 bits per heavy atom. The molecule has 1 heterocycles. The molecule has 1 aromatic rings. The van der Waals surface area contributed by atoms with Gasteiger partial charge in [-0.2, -0.15) is 4.99 Å². The normalized spacial score (nSPS) is 13.7. The van der Waals surface area contributed by atoms with E-state index in [2.05, 4.69) is 9.73 Å². The molecule has 1 aliphatic heterocycles. The standard InChI is InChI=1S/C11H9NO5/c1-15-11(14)10(12-5-13)7-2-3-8-9(4-7)17-6-16-8/h2-4,10H,6H2,1H3. The predicted octanol–water partition coefficient (Wildman–Crippen LogP) is 0.965. The van der Waals surface area contributed by atoms with E-state index in [1.165, 1.54) is 13.2 Å². The van der Waals surface area contributed by atoms with Gasteiger partial charge in [-0.3, -0.25) is 0 Å². The van der Waals surface area contributed by atoms with Gasteiger partial charge in [0.1, 0.15) is 0 Å². The van der Waals surface area contributed by atoms with Crippen LogP contribution in [0.5, 0.6) is 11.5 Å². The van der Waals surface area contributed by atoms with Gasteiger partial charge >= 0.3 is 5.97 Å². The molecule has 0 saturated carbocycles. The van der Waals surface area contributed by atoms with E-state index in [0.29, 0.717) is 17.1 Å². The van der Waals surface area contributed by atoms with E-state index in [-0.39, 0.29) is 6.79 Å². The maximum absolute atomic E-state index is 11.4. The van der Waals surface area contributed by atoms with E-state index in [0.717, 1.165) is 0 Å². The van der Waals surface area contributed by atoms with E-state index in [4.69, 9.17) is 9.47 Å². The van der Waals surface area contributed by atoms with Gasteiger partial charge < -0.3 is 14.2 Å². The Kier molecular flexibility index (Phi) is 3.07. The highest BCUT2D eigenvalue weighted by molar-refractivity contribution is 5.79. The number of nitrogens with zero attached hydrogens (tertiary/aromatic N) is 1. The number of ether oxygens (including phenoxy) is 3. The predicted molar refractivity (Wildman–Crippen MR) is 55.4 cm³/mol. The van der Waals surface area contributed by atoms with Crippen LogP contribution in [0.25, 0.3) is 0 Å². The quantitative estimate of drug-likeness (QED) is 0.443. The van der Waals surface area contributed by atoms with Crippen molar-refractivity contribution in [3.63, 3.8) is 0 Å². The van der Waals surface area contributed by atoms with Gasteiger partial charge in [0.05, 0.1) is 7.11 Å². The highest BCUT2D eigenvalue weighted by atomic mass is 16.7.